The Bertz CT molecular complexity index is 536. The molecule has 1 aliphatic rings. The van der Waals surface area contributed by atoms with E-state index in [-0.39, 0.29) is 18.2 Å². The molecule has 1 saturated heterocycles. The molecule has 1 fully saturated rings. The largest absolute Gasteiger partial charge is 0.439 e. The topological polar surface area (TPSA) is 29.5 Å². The van der Waals surface area contributed by atoms with Crippen molar-refractivity contribution in [1.29, 1.82) is 0 Å². The van der Waals surface area contributed by atoms with Crippen molar-refractivity contribution in [1.82, 2.24) is 4.90 Å². The highest BCUT2D eigenvalue weighted by Gasteiger charge is 2.39. The van der Waals surface area contributed by atoms with Crippen LogP contribution in [0.4, 0.5) is 31.1 Å². The molecule has 0 aromatic heterocycles. The molecule has 0 bridgehead atoms. The summed E-state index contributed by atoms with van der Waals surface area (Å²) in [5.74, 6) is 0. The van der Waals surface area contributed by atoms with E-state index >= 15 is 0 Å². The highest BCUT2D eigenvalue weighted by atomic mass is 19.4. The second-order valence-electron chi connectivity index (χ2n) is 4.59. The number of hydrogen-bond acceptors (Lipinski definition) is 2. The summed E-state index contributed by atoms with van der Waals surface area (Å²) in [6.45, 7) is 7.89. The zero-order valence-corrected chi connectivity index (χ0v) is 14.5. The fourth-order valence-electron chi connectivity index (χ4n) is 1.91. The molecule has 0 radical (unpaired) electrons. The van der Waals surface area contributed by atoms with Crippen molar-refractivity contribution in [3.63, 3.8) is 0 Å². The Hall–Kier alpha value is -1.93. The van der Waals surface area contributed by atoms with Gasteiger partial charge in [-0.05, 0) is 23.8 Å². The molecule has 1 amide bonds. The van der Waals surface area contributed by atoms with Crippen molar-refractivity contribution in [2.75, 3.05) is 13.6 Å². The number of benzene rings is 1. The number of nitrogens with zero attached hydrogens (tertiary/aromatic N) is 1. The zero-order valence-electron chi connectivity index (χ0n) is 14.5. The highest BCUT2D eigenvalue weighted by Crippen LogP contribution is 2.38. The molecule has 0 N–H and O–H groups in total. The monoisotopic (exact) mass is 373 g/mol. The van der Waals surface area contributed by atoms with E-state index in [1.54, 1.807) is 0 Å². The predicted molar refractivity (Wildman–Crippen MR) is 81.0 cm³/mol. The minimum atomic E-state index is -4.93. The molecule has 1 heterocycles. The molecule has 0 unspecified atom stereocenters. The first kappa shape index (κ1) is 23.1. The summed E-state index contributed by atoms with van der Waals surface area (Å²) in [5.41, 5.74) is -3.20. The molecule has 1 atom stereocenters. The van der Waals surface area contributed by atoms with Crippen molar-refractivity contribution >= 4 is 6.09 Å². The molecule has 0 saturated carbocycles. The molecule has 0 spiro atoms. The second-order valence-corrected chi connectivity index (χ2v) is 4.59. The van der Waals surface area contributed by atoms with Crippen LogP contribution in [0.5, 0.6) is 0 Å². The number of hydrogen-bond donors (Lipinski definition) is 0. The number of rotatable bonds is 1. The van der Waals surface area contributed by atoms with E-state index in [1.165, 1.54) is 7.05 Å². The molecule has 1 aromatic carbocycles. The first-order valence-electron chi connectivity index (χ1n) is 7.69. The Balaban J connectivity index is 0.00000134. The van der Waals surface area contributed by atoms with Gasteiger partial charge in [0.15, 0.2) is 0 Å². The van der Waals surface area contributed by atoms with Gasteiger partial charge in [-0.25, -0.2) is 4.79 Å². The maximum atomic E-state index is 12.7. The summed E-state index contributed by atoms with van der Waals surface area (Å²) in [7, 11) is 1.33. The fourth-order valence-corrected chi connectivity index (χ4v) is 1.91. The van der Waals surface area contributed by atoms with Crippen LogP contribution in [-0.4, -0.2) is 24.6 Å². The Morgan fingerprint density at radius 2 is 1.32 bits per heavy atom. The lowest BCUT2D eigenvalue weighted by atomic mass is 10.0. The first-order chi connectivity index (χ1) is 11.5. The van der Waals surface area contributed by atoms with Crippen molar-refractivity contribution in [3.05, 3.63) is 34.9 Å². The normalized spacial score (nSPS) is 17.2. The minimum absolute atomic E-state index is 0.0317. The molecule has 3 nitrogen and oxygen atoms in total. The van der Waals surface area contributed by atoms with Crippen LogP contribution >= 0.6 is 0 Å². The van der Waals surface area contributed by atoms with Crippen LogP contribution in [0.1, 0.15) is 50.5 Å². The Morgan fingerprint density at radius 1 is 0.920 bits per heavy atom. The Kier molecular flexibility index (Phi) is 8.27. The molecule has 1 aliphatic heterocycles. The summed E-state index contributed by atoms with van der Waals surface area (Å²) in [4.78, 5) is 12.2. The second kappa shape index (κ2) is 8.96. The lowest BCUT2D eigenvalue weighted by Gasteiger charge is -2.16. The van der Waals surface area contributed by atoms with Gasteiger partial charge in [-0.1, -0.05) is 27.7 Å². The Labute approximate surface area is 142 Å². The molecular weight excluding hydrogens is 352 g/mol. The highest BCUT2D eigenvalue weighted by molar-refractivity contribution is 5.69. The fraction of sp³-hybridized carbons (Fsp3) is 0.562. The number of ether oxygens (including phenoxy) is 1. The van der Waals surface area contributed by atoms with Crippen molar-refractivity contribution in [2.24, 2.45) is 0 Å². The van der Waals surface area contributed by atoms with Gasteiger partial charge in [-0.2, -0.15) is 26.3 Å². The summed E-state index contributed by atoms with van der Waals surface area (Å²) in [6.07, 6.45) is -11.8. The predicted octanol–water partition coefficient (Wildman–Crippen LogP) is 5.90. The zero-order chi connectivity index (χ0) is 20.0. The summed E-state index contributed by atoms with van der Waals surface area (Å²) < 4.78 is 80.9. The van der Waals surface area contributed by atoms with Gasteiger partial charge in [0, 0.05) is 7.05 Å². The van der Waals surface area contributed by atoms with E-state index < -0.39 is 35.7 Å². The number of carbonyl (C=O) groups is 1. The number of amides is 1. The lowest BCUT2D eigenvalue weighted by molar-refractivity contribution is -0.143. The van der Waals surface area contributed by atoms with Crippen LogP contribution in [0.2, 0.25) is 0 Å². The number of likely N-dealkylation sites (N-methyl/N-ethyl adjacent to an activating group) is 1. The van der Waals surface area contributed by atoms with Crippen LogP contribution in [0.15, 0.2) is 18.2 Å². The molecule has 25 heavy (non-hydrogen) atoms. The van der Waals surface area contributed by atoms with E-state index in [0.29, 0.717) is 12.1 Å². The third kappa shape index (κ3) is 6.13. The number of halogens is 6. The van der Waals surface area contributed by atoms with Gasteiger partial charge in [-0.3, -0.25) is 0 Å². The van der Waals surface area contributed by atoms with Gasteiger partial charge in [0.05, 0.1) is 17.7 Å². The van der Waals surface area contributed by atoms with Crippen molar-refractivity contribution in [3.8, 4) is 0 Å². The van der Waals surface area contributed by atoms with E-state index in [2.05, 4.69) is 0 Å². The van der Waals surface area contributed by atoms with Crippen LogP contribution in [-0.2, 0) is 17.1 Å². The molecular formula is C16H21F6NO2. The van der Waals surface area contributed by atoms with E-state index in [0.717, 1.165) is 4.90 Å². The van der Waals surface area contributed by atoms with Gasteiger partial charge < -0.3 is 9.64 Å². The molecule has 144 valence electrons. The number of cyclic esters (lactones) is 1. The number of carbonyl (C=O) groups excluding carboxylic acids is 1. The molecule has 9 heteroatoms. The maximum absolute atomic E-state index is 12.7. The average molecular weight is 373 g/mol. The third-order valence-corrected chi connectivity index (χ3v) is 2.98. The first-order valence-corrected chi connectivity index (χ1v) is 7.69. The maximum Gasteiger partial charge on any atom is 0.416 e. The van der Waals surface area contributed by atoms with Gasteiger partial charge >= 0.3 is 18.4 Å². The van der Waals surface area contributed by atoms with E-state index in [4.69, 9.17) is 4.74 Å². The summed E-state index contributed by atoms with van der Waals surface area (Å²) in [5, 5.41) is 0. The van der Waals surface area contributed by atoms with Crippen LogP contribution < -0.4 is 0 Å². The molecule has 1 aromatic rings. The minimum Gasteiger partial charge on any atom is -0.439 e. The van der Waals surface area contributed by atoms with Crippen LogP contribution in [0, 0.1) is 0 Å². The molecule has 0 aliphatic carbocycles. The van der Waals surface area contributed by atoms with Crippen molar-refractivity contribution in [2.45, 2.75) is 46.2 Å². The third-order valence-electron chi connectivity index (χ3n) is 2.98. The molecule has 2 rings (SSSR count). The summed E-state index contributed by atoms with van der Waals surface area (Å²) >= 11 is 0. The Morgan fingerprint density at radius 3 is 1.60 bits per heavy atom. The van der Waals surface area contributed by atoms with Crippen LogP contribution in [0.3, 0.4) is 0 Å². The SMILES string of the molecule is CC.CC.CN1C[C@@H](c2cc(C(F)(F)F)cc(C(F)(F)F)c2)OC1=O. The average Bonchev–Trinajstić information content (AvgIpc) is 2.88. The van der Waals surface area contributed by atoms with Gasteiger partial charge in [0.1, 0.15) is 6.10 Å². The van der Waals surface area contributed by atoms with Crippen LogP contribution in [0.25, 0.3) is 0 Å². The van der Waals surface area contributed by atoms with Gasteiger partial charge in [0.25, 0.3) is 0 Å². The quantitative estimate of drug-likeness (QED) is 0.574. The van der Waals surface area contributed by atoms with Gasteiger partial charge in [0.2, 0.25) is 0 Å². The van der Waals surface area contributed by atoms with E-state index in [1.807, 2.05) is 27.7 Å². The summed E-state index contributed by atoms with van der Waals surface area (Å²) in [6, 6.07) is 1.16. The number of alkyl halides is 6. The smallest absolute Gasteiger partial charge is 0.416 e. The van der Waals surface area contributed by atoms with Gasteiger partial charge in [-0.15, -0.1) is 0 Å². The standard InChI is InChI=1S/C12H9F6NO2.2C2H6/c1-19-5-9(21-10(19)20)6-2-7(11(13,14)15)4-8(3-6)12(16,17)18;2*1-2/h2-4,9H,5H2,1H3;2*1-2H3/t9-;;/m0../s1. The van der Waals surface area contributed by atoms with Crippen molar-refractivity contribution < 1.29 is 35.9 Å². The van der Waals surface area contributed by atoms with E-state index in [9.17, 15) is 31.1 Å². The lowest BCUT2D eigenvalue weighted by Crippen LogP contribution is -2.18.